The Bertz CT molecular complexity index is 493. The van der Waals surface area contributed by atoms with Crippen molar-refractivity contribution < 1.29 is 4.42 Å². The predicted octanol–water partition coefficient (Wildman–Crippen LogP) is 2.06. The Morgan fingerprint density at radius 3 is 2.76 bits per heavy atom. The molecule has 0 spiro atoms. The maximum atomic E-state index is 5.38. The summed E-state index contributed by atoms with van der Waals surface area (Å²) in [5.41, 5.74) is 2.03. The number of rotatable bonds is 3. The minimum atomic E-state index is 0.0708. The highest BCUT2D eigenvalue weighted by atomic mass is 16.4. The van der Waals surface area contributed by atoms with E-state index in [1.54, 1.807) is 17.1 Å². The summed E-state index contributed by atoms with van der Waals surface area (Å²) in [6, 6.07) is 0.504. The van der Waals surface area contributed by atoms with Gasteiger partial charge in [-0.3, -0.25) is 0 Å². The van der Waals surface area contributed by atoms with E-state index in [0.29, 0.717) is 12.6 Å². The first kappa shape index (κ1) is 11.9. The summed E-state index contributed by atoms with van der Waals surface area (Å²) >= 11 is 0. The normalized spacial score (nSPS) is 12.0. The summed E-state index contributed by atoms with van der Waals surface area (Å²) in [5, 5.41) is 7.50. The molecule has 0 aliphatic carbocycles. The van der Waals surface area contributed by atoms with Crippen LogP contribution in [0.25, 0.3) is 6.01 Å². The Hall–Kier alpha value is -1.62. The van der Waals surface area contributed by atoms with Crippen LogP contribution in [0.4, 0.5) is 0 Å². The first-order valence-electron chi connectivity index (χ1n) is 5.65. The molecule has 0 aliphatic rings. The number of hydrogen-bond acceptors (Lipinski definition) is 4. The van der Waals surface area contributed by atoms with E-state index < -0.39 is 0 Å². The van der Waals surface area contributed by atoms with Crippen molar-refractivity contribution >= 4 is 0 Å². The van der Waals surface area contributed by atoms with Gasteiger partial charge in [0, 0.05) is 18.3 Å². The van der Waals surface area contributed by atoms with Crippen LogP contribution in [0.5, 0.6) is 0 Å². The van der Waals surface area contributed by atoms with Crippen LogP contribution in [-0.4, -0.2) is 20.3 Å². The molecule has 0 saturated heterocycles. The number of aromatic nitrogens is 3. The molecule has 0 saturated carbocycles. The fourth-order valence-electron chi connectivity index (χ4n) is 1.36. The Balaban J connectivity index is 2.06. The zero-order valence-corrected chi connectivity index (χ0v) is 10.7. The molecule has 0 bridgehead atoms. The van der Waals surface area contributed by atoms with Gasteiger partial charge in [-0.25, -0.2) is 0 Å². The highest BCUT2D eigenvalue weighted by Gasteiger charge is 2.11. The molecule has 5 nitrogen and oxygen atoms in total. The number of hydrogen-bond donors (Lipinski definition) is 1. The average Bonchev–Trinajstić information content (AvgIpc) is 2.81. The van der Waals surface area contributed by atoms with Crippen LogP contribution < -0.4 is 5.32 Å². The highest BCUT2D eigenvalue weighted by Crippen LogP contribution is 2.09. The average molecular weight is 234 g/mol. The summed E-state index contributed by atoms with van der Waals surface area (Å²) in [4.78, 5) is 4.37. The highest BCUT2D eigenvalue weighted by molar-refractivity contribution is 5.12. The van der Waals surface area contributed by atoms with Gasteiger partial charge < -0.3 is 9.73 Å². The second-order valence-corrected chi connectivity index (χ2v) is 5.19. The van der Waals surface area contributed by atoms with Gasteiger partial charge in [0.15, 0.2) is 0 Å². The van der Waals surface area contributed by atoms with Gasteiger partial charge in [-0.05, 0) is 33.3 Å². The minimum absolute atomic E-state index is 0.0708. The van der Waals surface area contributed by atoms with Crippen LogP contribution in [0.15, 0.2) is 23.1 Å². The molecular weight excluding hydrogens is 216 g/mol. The van der Waals surface area contributed by atoms with Crippen molar-refractivity contribution in [3.05, 3.63) is 29.9 Å². The Morgan fingerprint density at radius 1 is 1.41 bits per heavy atom. The van der Waals surface area contributed by atoms with Crippen molar-refractivity contribution in [2.45, 2.75) is 39.8 Å². The molecule has 92 valence electrons. The third-order valence-electron chi connectivity index (χ3n) is 2.25. The summed E-state index contributed by atoms with van der Waals surface area (Å²) in [5.74, 6) is 0. The van der Waals surface area contributed by atoms with Crippen LogP contribution in [0, 0.1) is 6.92 Å². The van der Waals surface area contributed by atoms with E-state index in [9.17, 15) is 0 Å². The molecule has 0 aromatic carbocycles. The molecule has 2 aromatic rings. The lowest BCUT2D eigenvalue weighted by Gasteiger charge is -2.19. The van der Waals surface area contributed by atoms with Crippen molar-refractivity contribution in [3.63, 3.8) is 0 Å². The van der Waals surface area contributed by atoms with Gasteiger partial charge in [-0.2, -0.15) is 14.8 Å². The van der Waals surface area contributed by atoms with Gasteiger partial charge in [-0.1, -0.05) is 0 Å². The third kappa shape index (κ3) is 3.17. The lowest BCUT2D eigenvalue weighted by Crippen LogP contribution is -2.35. The largest absolute Gasteiger partial charge is 0.430 e. The van der Waals surface area contributed by atoms with E-state index in [-0.39, 0.29) is 5.54 Å². The van der Waals surface area contributed by atoms with Crippen molar-refractivity contribution in [1.29, 1.82) is 0 Å². The first-order chi connectivity index (χ1) is 7.94. The maximum Gasteiger partial charge on any atom is 0.322 e. The SMILES string of the molecule is Cc1cnn(-c2nc(CNC(C)(C)C)co2)c1. The lowest BCUT2D eigenvalue weighted by atomic mass is 10.1. The van der Waals surface area contributed by atoms with Crippen molar-refractivity contribution in [2.75, 3.05) is 0 Å². The molecular formula is C12H18N4O. The second kappa shape index (κ2) is 4.33. The summed E-state index contributed by atoms with van der Waals surface area (Å²) < 4.78 is 7.01. The topological polar surface area (TPSA) is 55.9 Å². The zero-order valence-electron chi connectivity index (χ0n) is 10.7. The molecule has 0 atom stereocenters. The van der Waals surface area contributed by atoms with Gasteiger partial charge in [0.2, 0.25) is 0 Å². The Labute approximate surface area is 101 Å². The Kier molecular flexibility index (Phi) is 3.02. The third-order valence-corrected chi connectivity index (χ3v) is 2.25. The number of aryl methyl sites for hydroxylation is 1. The van der Waals surface area contributed by atoms with Crippen LogP contribution in [0.2, 0.25) is 0 Å². The zero-order chi connectivity index (χ0) is 12.5. The fourth-order valence-corrected chi connectivity index (χ4v) is 1.36. The lowest BCUT2D eigenvalue weighted by molar-refractivity contribution is 0.420. The van der Waals surface area contributed by atoms with Gasteiger partial charge in [0.1, 0.15) is 6.26 Å². The van der Waals surface area contributed by atoms with Gasteiger partial charge >= 0.3 is 6.01 Å². The van der Waals surface area contributed by atoms with Crippen LogP contribution in [0.3, 0.4) is 0 Å². The molecule has 5 heteroatoms. The monoisotopic (exact) mass is 234 g/mol. The molecule has 0 aliphatic heterocycles. The van der Waals surface area contributed by atoms with E-state index in [2.05, 4.69) is 36.2 Å². The van der Waals surface area contributed by atoms with Gasteiger partial charge in [0.25, 0.3) is 0 Å². The Morgan fingerprint density at radius 2 is 2.18 bits per heavy atom. The predicted molar refractivity (Wildman–Crippen MR) is 65.0 cm³/mol. The molecule has 17 heavy (non-hydrogen) atoms. The van der Waals surface area contributed by atoms with Crippen molar-refractivity contribution in [1.82, 2.24) is 20.1 Å². The molecule has 0 amide bonds. The van der Waals surface area contributed by atoms with Crippen molar-refractivity contribution in [2.24, 2.45) is 0 Å². The molecule has 2 heterocycles. The molecule has 0 unspecified atom stereocenters. The molecule has 0 radical (unpaired) electrons. The fraction of sp³-hybridized carbons (Fsp3) is 0.500. The van der Waals surface area contributed by atoms with E-state index in [4.69, 9.17) is 4.42 Å². The second-order valence-electron chi connectivity index (χ2n) is 5.19. The van der Waals surface area contributed by atoms with E-state index in [0.717, 1.165) is 11.3 Å². The molecule has 0 fully saturated rings. The van der Waals surface area contributed by atoms with E-state index in [1.807, 2.05) is 13.1 Å². The molecule has 2 rings (SSSR count). The molecule has 1 N–H and O–H groups in total. The van der Waals surface area contributed by atoms with Gasteiger partial charge in [-0.15, -0.1) is 0 Å². The summed E-state index contributed by atoms with van der Waals surface area (Å²) in [6.45, 7) is 9.02. The van der Waals surface area contributed by atoms with Gasteiger partial charge in [0.05, 0.1) is 11.9 Å². The number of oxazole rings is 1. The van der Waals surface area contributed by atoms with E-state index >= 15 is 0 Å². The summed E-state index contributed by atoms with van der Waals surface area (Å²) in [6.07, 6.45) is 5.31. The standard InChI is InChI=1S/C12H18N4O/c1-9-5-14-16(7-9)11-15-10(8-17-11)6-13-12(2,3)4/h5,7-8,13H,6H2,1-4H3. The van der Waals surface area contributed by atoms with Crippen LogP contribution in [0.1, 0.15) is 32.0 Å². The first-order valence-corrected chi connectivity index (χ1v) is 5.65. The quantitative estimate of drug-likeness (QED) is 0.883. The minimum Gasteiger partial charge on any atom is -0.430 e. The van der Waals surface area contributed by atoms with Crippen molar-refractivity contribution in [3.8, 4) is 6.01 Å². The summed E-state index contributed by atoms with van der Waals surface area (Å²) in [7, 11) is 0. The molecule has 2 aromatic heterocycles. The van der Waals surface area contributed by atoms with E-state index in [1.165, 1.54) is 0 Å². The number of nitrogens with one attached hydrogen (secondary N) is 1. The number of nitrogens with zero attached hydrogens (tertiary/aromatic N) is 3. The van der Waals surface area contributed by atoms with Crippen LogP contribution in [-0.2, 0) is 6.54 Å². The maximum absolute atomic E-state index is 5.38. The van der Waals surface area contributed by atoms with Crippen LogP contribution >= 0.6 is 0 Å². The smallest absolute Gasteiger partial charge is 0.322 e.